The van der Waals surface area contributed by atoms with Crippen LogP contribution in [0.5, 0.6) is 0 Å². The van der Waals surface area contributed by atoms with Crippen molar-refractivity contribution in [3.63, 3.8) is 0 Å². The average Bonchev–Trinajstić information content (AvgIpc) is 3.16. The third-order valence-electron chi connectivity index (χ3n) is 7.80. The molecular formula is C30H44N4O9SSi. The number of aromatic nitrogens is 2. The highest BCUT2D eigenvalue weighted by Crippen LogP contribution is 2.45. The summed E-state index contributed by atoms with van der Waals surface area (Å²) in [5, 5.41) is 10.3. The monoisotopic (exact) mass is 664 g/mol. The summed E-state index contributed by atoms with van der Waals surface area (Å²) in [6.45, 7) is 15.7. The van der Waals surface area contributed by atoms with E-state index in [1.807, 2.05) is 64.2 Å². The topological polar surface area (TPSA) is 168 Å². The number of nitrogens with zero attached hydrogens (tertiary/aromatic N) is 3. The summed E-state index contributed by atoms with van der Waals surface area (Å²) in [5.41, 5.74) is -4.27. The van der Waals surface area contributed by atoms with Gasteiger partial charge >= 0.3 is 11.8 Å². The molecule has 0 spiro atoms. The lowest BCUT2D eigenvalue weighted by molar-refractivity contribution is -0.0664. The number of nitriles is 1. The van der Waals surface area contributed by atoms with E-state index in [9.17, 15) is 28.1 Å². The minimum Gasteiger partial charge on any atom is -0.443 e. The van der Waals surface area contributed by atoms with Gasteiger partial charge < -0.3 is 18.6 Å². The number of benzene rings is 1. The Kier molecular flexibility index (Phi) is 10.4. The molecule has 3 rings (SSSR count). The zero-order valence-corrected chi connectivity index (χ0v) is 29.4. The van der Waals surface area contributed by atoms with E-state index >= 15 is 0 Å². The van der Waals surface area contributed by atoms with Crippen LogP contribution in [-0.2, 0) is 35.3 Å². The Morgan fingerprint density at radius 1 is 1.13 bits per heavy atom. The van der Waals surface area contributed by atoms with Gasteiger partial charge in [0.2, 0.25) is 10.0 Å². The number of sulfonamides is 1. The fourth-order valence-corrected chi connectivity index (χ4v) is 6.78. The van der Waals surface area contributed by atoms with Crippen molar-refractivity contribution in [3.8, 4) is 6.07 Å². The summed E-state index contributed by atoms with van der Waals surface area (Å²) in [7, 11) is -6.90. The number of rotatable bonds is 9. The Labute approximate surface area is 265 Å². The van der Waals surface area contributed by atoms with Crippen molar-refractivity contribution in [3.05, 3.63) is 68.5 Å². The Morgan fingerprint density at radius 2 is 1.73 bits per heavy atom. The molecule has 0 aliphatic carbocycles. The van der Waals surface area contributed by atoms with E-state index in [0.29, 0.717) is 4.57 Å². The Morgan fingerprint density at radius 3 is 2.24 bits per heavy atom. The molecule has 1 aliphatic heterocycles. The van der Waals surface area contributed by atoms with E-state index in [2.05, 4.69) is 10.8 Å². The molecule has 2 heterocycles. The van der Waals surface area contributed by atoms with Crippen molar-refractivity contribution in [2.24, 2.45) is 0 Å². The maximum atomic E-state index is 13.9. The highest BCUT2D eigenvalue weighted by molar-refractivity contribution is 7.88. The molecule has 0 saturated carbocycles. The fraction of sp³-hybridized carbons (Fsp3) is 0.600. The first-order valence-electron chi connectivity index (χ1n) is 14.5. The van der Waals surface area contributed by atoms with Gasteiger partial charge in [0.25, 0.3) is 5.56 Å². The zero-order valence-electron chi connectivity index (χ0n) is 27.5. The standard InChI is InChI=1S/C30H44N4O9SSi/c1-20-16-33(26(36)34(24(20)35)27(37)42-28(2,3)4)25-23(43-45(9,10)29(5,6)7)30(19-31,32-44(8,38)39)22(41-25)18-40-17-21-14-12-11-13-15-21/h11-16,22-23,25,32H,17-18H2,1-10H3/t22-,23+,25-,30-/m1/s1. The number of carbonyl (C=O) groups excluding carboxylic acids is 1. The second-order valence-corrected chi connectivity index (χ2v) is 20.3. The summed E-state index contributed by atoms with van der Waals surface area (Å²) < 4.78 is 53.7. The van der Waals surface area contributed by atoms with Crippen LogP contribution >= 0.6 is 0 Å². The molecule has 0 bridgehead atoms. The highest BCUT2D eigenvalue weighted by atomic mass is 32.2. The summed E-state index contributed by atoms with van der Waals surface area (Å²) in [4.78, 5) is 40.0. The lowest BCUT2D eigenvalue weighted by Gasteiger charge is -2.42. The summed E-state index contributed by atoms with van der Waals surface area (Å²) in [5.74, 6) is 0. The number of aryl methyl sites for hydroxylation is 1. The second kappa shape index (κ2) is 12.9. The van der Waals surface area contributed by atoms with Crippen LogP contribution in [0.4, 0.5) is 4.79 Å². The summed E-state index contributed by atoms with van der Waals surface area (Å²) >= 11 is 0. The molecule has 2 aromatic rings. The maximum absolute atomic E-state index is 13.9. The second-order valence-electron chi connectivity index (χ2n) is 13.8. The largest absolute Gasteiger partial charge is 0.443 e. The minimum atomic E-state index is -4.07. The lowest BCUT2D eigenvalue weighted by Crippen LogP contribution is -2.64. The van der Waals surface area contributed by atoms with Gasteiger partial charge in [0.15, 0.2) is 20.1 Å². The minimum absolute atomic E-state index is 0.00227. The van der Waals surface area contributed by atoms with Gasteiger partial charge in [0.1, 0.15) is 17.8 Å². The predicted octanol–water partition coefficient (Wildman–Crippen LogP) is 3.42. The Hall–Kier alpha value is -3.13. The number of nitrogens with one attached hydrogen (secondary N) is 1. The van der Waals surface area contributed by atoms with Gasteiger partial charge in [0.05, 0.1) is 25.5 Å². The molecule has 248 valence electrons. The molecule has 1 aromatic heterocycles. The van der Waals surface area contributed by atoms with Crippen molar-refractivity contribution >= 4 is 24.4 Å². The fourth-order valence-electron chi connectivity index (χ4n) is 4.58. The third-order valence-corrected chi connectivity index (χ3v) is 13.0. The quantitative estimate of drug-likeness (QED) is 0.392. The molecule has 1 fully saturated rings. The summed E-state index contributed by atoms with van der Waals surface area (Å²) in [6, 6.07) is 11.3. The zero-order chi connectivity index (χ0) is 34.2. The SMILES string of the molecule is Cc1cn([C@@H]2O[C@H](COCc3ccccc3)[C@@](C#N)(NS(C)(=O)=O)[C@H]2O[Si](C)(C)C(C)(C)C)c(=O)n(C(=O)OC(C)(C)C)c1=O. The van der Waals surface area contributed by atoms with Gasteiger partial charge in [-0.2, -0.15) is 14.6 Å². The van der Waals surface area contributed by atoms with E-state index in [1.165, 1.54) is 13.1 Å². The van der Waals surface area contributed by atoms with Crippen LogP contribution in [0, 0.1) is 18.3 Å². The molecule has 45 heavy (non-hydrogen) atoms. The molecule has 1 aromatic carbocycles. The van der Waals surface area contributed by atoms with Crippen molar-refractivity contribution in [1.82, 2.24) is 13.9 Å². The predicted molar refractivity (Wildman–Crippen MR) is 170 cm³/mol. The van der Waals surface area contributed by atoms with Crippen molar-refractivity contribution in [2.45, 2.75) is 103 Å². The molecular weight excluding hydrogens is 621 g/mol. The first-order valence-corrected chi connectivity index (χ1v) is 19.3. The average molecular weight is 665 g/mol. The summed E-state index contributed by atoms with van der Waals surface area (Å²) in [6.07, 6.45) is -3.24. The Bertz CT molecular complexity index is 1670. The van der Waals surface area contributed by atoms with Crippen LogP contribution in [0.2, 0.25) is 18.1 Å². The number of carbonyl (C=O) groups is 1. The van der Waals surface area contributed by atoms with E-state index in [0.717, 1.165) is 16.4 Å². The number of ether oxygens (including phenoxy) is 3. The molecule has 13 nitrogen and oxygen atoms in total. The lowest BCUT2D eigenvalue weighted by atomic mass is 9.91. The van der Waals surface area contributed by atoms with E-state index in [-0.39, 0.29) is 18.8 Å². The van der Waals surface area contributed by atoms with Gasteiger partial charge in [0, 0.05) is 11.8 Å². The van der Waals surface area contributed by atoms with Gasteiger partial charge in [-0.05, 0) is 51.4 Å². The van der Waals surface area contributed by atoms with Gasteiger partial charge in [-0.3, -0.25) is 9.36 Å². The first-order chi connectivity index (χ1) is 20.5. The first kappa shape index (κ1) is 36.3. The molecule has 1 aliphatic rings. The van der Waals surface area contributed by atoms with E-state index in [1.54, 1.807) is 20.8 Å². The smallest absolute Gasteiger partial charge is 0.425 e. The van der Waals surface area contributed by atoms with Gasteiger partial charge in [-0.1, -0.05) is 51.1 Å². The van der Waals surface area contributed by atoms with E-state index < -0.39 is 70.3 Å². The van der Waals surface area contributed by atoms with Crippen LogP contribution in [0.1, 0.15) is 58.9 Å². The van der Waals surface area contributed by atoms with Crippen LogP contribution in [0.3, 0.4) is 0 Å². The molecule has 15 heteroatoms. The van der Waals surface area contributed by atoms with E-state index in [4.69, 9.17) is 18.6 Å². The van der Waals surface area contributed by atoms with Crippen LogP contribution in [0.25, 0.3) is 0 Å². The molecule has 0 radical (unpaired) electrons. The van der Waals surface area contributed by atoms with Crippen LogP contribution < -0.4 is 16.0 Å². The molecule has 4 atom stereocenters. The van der Waals surface area contributed by atoms with Crippen molar-refractivity contribution in [1.29, 1.82) is 5.26 Å². The van der Waals surface area contributed by atoms with Gasteiger partial charge in [-0.25, -0.2) is 18.0 Å². The van der Waals surface area contributed by atoms with Crippen LogP contribution in [0.15, 0.2) is 46.1 Å². The highest BCUT2D eigenvalue weighted by Gasteiger charge is 2.62. The van der Waals surface area contributed by atoms with Crippen molar-refractivity contribution < 1.29 is 31.8 Å². The molecule has 0 unspecified atom stereocenters. The maximum Gasteiger partial charge on any atom is 0.425 e. The molecule has 0 amide bonds. The molecule has 1 saturated heterocycles. The van der Waals surface area contributed by atoms with Gasteiger partial charge in [-0.15, -0.1) is 0 Å². The number of hydrogen-bond acceptors (Lipinski definition) is 10. The normalized spacial score (nSPS) is 22.6. The Balaban J connectivity index is 2.26. The van der Waals surface area contributed by atoms with Crippen molar-refractivity contribution in [2.75, 3.05) is 12.9 Å². The number of hydrogen-bond donors (Lipinski definition) is 1. The van der Waals surface area contributed by atoms with Crippen LogP contribution in [-0.4, -0.2) is 68.2 Å². The molecule has 1 N–H and O–H groups in total. The third kappa shape index (κ3) is 8.18.